The standard InChI is InChI=1S/C19H31N3O4/c1-14(2)25-17-15(9-7-11-20-17)13-21-16(23)10-8-12-22(6)18(24)26-19(3,4)5/h7,9,11,14H,8,10,12-13H2,1-6H3,(H,21,23). The molecular formula is C19H31N3O4. The number of carbonyl (C=O) groups is 2. The van der Waals surface area contributed by atoms with Gasteiger partial charge in [0.05, 0.1) is 6.10 Å². The Balaban J connectivity index is 2.36. The Labute approximate surface area is 156 Å². The van der Waals surface area contributed by atoms with Gasteiger partial charge in [0.15, 0.2) is 0 Å². The van der Waals surface area contributed by atoms with Crippen LogP contribution in [-0.2, 0) is 16.1 Å². The van der Waals surface area contributed by atoms with E-state index in [9.17, 15) is 9.59 Å². The molecule has 0 aliphatic heterocycles. The van der Waals surface area contributed by atoms with E-state index in [-0.39, 0.29) is 18.1 Å². The first-order chi connectivity index (χ1) is 12.1. The highest BCUT2D eigenvalue weighted by Crippen LogP contribution is 2.15. The molecule has 0 aliphatic carbocycles. The van der Waals surface area contributed by atoms with E-state index < -0.39 is 5.60 Å². The average molecular weight is 365 g/mol. The maximum absolute atomic E-state index is 12.0. The highest BCUT2D eigenvalue weighted by Gasteiger charge is 2.19. The Morgan fingerprint density at radius 2 is 2.00 bits per heavy atom. The minimum atomic E-state index is -0.526. The Morgan fingerprint density at radius 3 is 2.62 bits per heavy atom. The topological polar surface area (TPSA) is 80.8 Å². The fraction of sp³-hybridized carbons (Fsp3) is 0.632. The van der Waals surface area contributed by atoms with Gasteiger partial charge in [-0.15, -0.1) is 0 Å². The van der Waals surface area contributed by atoms with E-state index in [2.05, 4.69) is 10.3 Å². The van der Waals surface area contributed by atoms with Crippen LogP contribution in [0.2, 0.25) is 0 Å². The van der Waals surface area contributed by atoms with E-state index in [1.54, 1.807) is 13.2 Å². The lowest BCUT2D eigenvalue weighted by Crippen LogP contribution is -2.35. The molecule has 7 heteroatoms. The molecule has 0 bridgehead atoms. The third-order valence-electron chi connectivity index (χ3n) is 3.28. The Kier molecular flexibility index (Phi) is 8.35. The second kappa shape index (κ2) is 9.99. The normalized spacial score (nSPS) is 11.2. The maximum atomic E-state index is 12.0. The van der Waals surface area contributed by atoms with Crippen molar-refractivity contribution in [1.82, 2.24) is 15.2 Å². The number of carbonyl (C=O) groups excluding carboxylic acids is 2. The molecule has 0 saturated heterocycles. The summed E-state index contributed by atoms with van der Waals surface area (Å²) in [6.45, 7) is 10.1. The van der Waals surface area contributed by atoms with Gasteiger partial charge in [0.1, 0.15) is 5.60 Å². The van der Waals surface area contributed by atoms with Crippen molar-refractivity contribution in [2.75, 3.05) is 13.6 Å². The molecule has 146 valence electrons. The molecule has 0 saturated carbocycles. The lowest BCUT2D eigenvalue weighted by molar-refractivity contribution is -0.121. The van der Waals surface area contributed by atoms with Gasteiger partial charge in [0, 0.05) is 38.3 Å². The number of nitrogens with one attached hydrogen (secondary N) is 1. The number of amides is 2. The summed E-state index contributed by atoms with van der Waals surface area (Å²) in [5.74, 6) is 0.453. The molecule has 2 amide bonds. The summed E-state index contributed by atoms with van der Waals surface area (Å²) in [5, 5.41) is 2.86. The van der Waals surface area contributed by atoms with Crippen LogP contribution in [0.15, 0.2) is 18.3 Å². The maximum Gasteiger partial charge on any atom is 0.410 e. The predicted octanol–water partition coefficient (Wildman–Crippen LogP) is 3.13. The summed E-state index contributed by atoms with van der Waals surface area (Å²) >= 11 is 0. The number of hydrogen-bond acceptors (Lipinski definition) is 5. The van der Waals surface area contributed by atoms with Crippen LogP contribution in [-0.4, -0.2) is 47.2 Å². The molecule has 0 fully saturated rings. The van der Waals surface area contributed by atoms with Gasteiger partial charge in [0.25, 0.3) is 0 Å². The van der Waals surface area contributed by atoms with E-state index in [1.165, 1.54) is 4.90 Å². The van der Waals surface area contributed by atoms with Crippen LogP contribution >= 0.6 is 0 Å². The second-order valence-corrected chi connectivity index (χ2v) is 7.42. The molecule has 0 radical (unpaired) electrons. The molecular weight excluding hydrogens is 334 g/mol. The van der Waals surface area contributed by atoms with Gasteiger partial charge in [-0.2, -0.15) is 0 Å². The molecule has 0 spiro atoms. The molecule has 0 aliphatic rings. The van der Waals surface area contributed by atoms with Crippen LogP contribution in [0.25, 0.3) is 0 Å². The Hall–Kier alpha value is -2.31. The van der Waals surface area contributed by atoms with E-state index >= 15 is 0 Å². The zero-order chi connectivity index (χ0) is 19.7. The predicted molar refractivity (Wildman–Crippen MR) is 99.9 cm³/mol. The molecule has 1 aromatic heterocycles. The van der Waals surface area contributed by atoms with Gasteiger partial charge in [-0.3, -0.25) is 4.79 Å². The van der Waals surface area contributed by atoms with Gasteiger partial charge >= 0.3 is 6.09 Å². The van der Waals surface area contributed by atoms with Crippen molar-refractivity contribution in [1.29, 1.82) is 0 Å². The van der Waals surface area contributed by atoms with Crippen LogP contribution in [0.3, 0.4) is 0 Å². The number of aromatic nitrogens is 1. The summed E-state index contributed by atoms with van der Waals surface area (Å²) in [7, 11) is 1.66. The molecule has 0 aromatic carbocycles. The number of pyridine rings is 1. The summed E-state index contributed by atoms with van der Waals surface area (Å²) < 4.78 is 10.9. The average Bonchev–Trinajstić information content (AvgIpc) is 2.51. The SMILES string of the molecule is CC(C)Oc1ncccc1CNC(=O)CCCN(C)C(=O)OC(C)(C)C. The number of rotatable bonds is 8. The van der Waals surface area contributed by atoms with Crippen LogP contribution in [0.5, 0.6) is 5.88 Å². The molecule has 1 heterocycles. The van der Waals surface area contributed by atoms with Crippen molar-refractivity contribution in [3.8, 4) is 5.88 Å². The largest absolute Gasteiger partial charge is 0.475 e. The minimum absolute atomic E-state index is 0.0164. The van der Waals surface area contributed by atoms with Crippen molar-refractivity contribution in [3.63, 3.8) is 0 Å². The van der Waals surface area contributed by atoms with Crippen molar-refractivity contribution in [2.24, 2.45) is 0 Å². The van der Waals surface area contributed by atoms with Crippen LogP contribution in [0, 0.1) is 0 Å². The van der Waals surface area contributed by atoms with Gasteiger partial charge in [-0.05, 0) is 47.1 Å². The third-order valence-corrected chi connectivity index (χ3v) is 3.28. The van der Waals surface area contributed by atoms with E-state index in [4.69, 9.17) is 9.47 Å². The third kappa shape index (κ3) is 8.69. The zero-order valence-corrected chi connectivity index (χ0v) is 16.7. The first kappa shape index (κ1) is 21.7. The highest BCUT2D eigenvalue weighted by atomic mass is 16.6. The quantitative estimate of drug-likeness (QED) is 0.765. The van der Waals surface area contributed by atoms with E-state index in [0.29, 0.717) is 31.8 Å². The zero-order valence-electron chi connectivity index (χ0n) is 16.7. The molecule has 1 N–H and O–H groups in total. The van der Waals surface area contributed by atoms with Crippen molar-refractivity contribution < 1.29 is 19.1 Å². The first-order valence-electron chi connectivity index (χ1n) is 8.90. The van der Waals surface area contributed by atoms with Crippen molar-refractivity contribution in [3.05, 3.63) is 23.9 Å². The van der Waals surface area contributed by atoms with Gasteiger partial charge in [0.2, 0.25) is 11.8 Å². The highest BCUT2D eigenvalue weighted by molar-refractivity contribution is 5.76. The fourth-order valence-corrected chi connectivity index (χ4v) is 2.08. The number of nitrogens with zero attached hydrogens (tertiary/aromatic N) is 2. The van der Waals surface area contributed by atoms with E-state index in [0.717, 1.165) is 5.56 Å². The number of ether oxygens (including phenoxy) is 2. The lowest BCUT2D eigenvalue weighted by Gasteiger charge is -2.24. The monoisotopic (exact) mass is 365 g/mol. The molecule has 26 heavy (non-hydrogen) atoms. The summed E-state index contributed by atoms with van der Waals surface area (Å²) in [6.07, 6.45) is 2.18. The van der Waals surface area contributed by atoms with E-state index in [1.807, 2.05) is 46.8 Å². The lowest BCUT2D eigenvalue weighted by atomic mass is 10.2. The summed E-state index contributed by atoms with van der Waals surface area (Å²) in [5.41, 5.74) is 0.308. The Morgan fingerprint density at radius 1 is 1.31 bits per heavy atom. The number of hydrogen-bond donors (Lipinski definition) is 1. The Bertz CT molecular complexity index is 597. The van der Waals surface area contributed by atoms with Crippen LogP contribution < -0.4 is 10.1 Å². The van der Waals surface area contributed by atoms with Crippen molar-refractivity contribution in [2.45, 2.75) is 65.7 Å². The van der Waals surface area contributed by atoms with Crippen molar-refractivity contribution >= 4 is 12.0 Å². The van der Waals surface area contributed by atoms with Crippen LogP contribution in [0.4, 0.5) is 4.79 Å². The molecule has 1 rings (SSSR count). The molecule has 0 unspecified atom stereocenters. The fourth-order valence-electron chi connectivity index (χ4n) is 2.08. The minimum Gasteiger partial charge on any atom is -0.475 e. The summed E-state index contributed by atoms with van der Waals surface area (Å²) in [4.78, 5) is 29.6. The molecule has 7 nitrogen and oxygen atoms in total. The first-order valence-corrected chi connectivity index (χ1v) is 8.90. The molecule has 1 aromatic rings. The summed E-state index contributed by atoms with van der Waals surface area (Å²) in [6, 6.07) is 3.69. The van der Waals surface area contributed by atoms with Gasteiger partial charge < -0.3 is 19.7 Å². The van der Waals surface area contributed by atoms with Gasteiger partial charge in [-0.1, -0.05) is 6.07 Å². The van der Waals surface area contributed by atoms with Crippen LogP contribution in [0.1, 0.15) is 53.0 Å². The van der Waals surface area contributed by atoms with Gasteiger partial charge in [-0.25, -0.2) is 9.78 Å². The second-order valence-electron chi connectivity index (χ2n) is 7.42. The molecule has 0 atom stereocenters. The smallest absolute Gasteiger partial charge is 0.410 e.